The molecule has 0 spiro atoms. The maximum Gasteiger partial charge on any atom is 0.339 e. The number of aromatic nitrogens is 1. The Morgan fingerprint density at radius 3 is 2.38 bits per heavy atom. The molecule has 7 heteroatoms. The number of rotatable bonds is 4. The van der Waals surface area contributed by atoms with Crippen LogP contribution in [0, 0.1) is 13.8 Å². The Morgan fingerprint density at radius 2 is 1.81 bits per heavy atom. The number of carboxylic acid groups (broad SMARTS) is 1. The van der Waals surface area contributed by atoms with E-state index in [1.807, 2.05) is 6.07 Å². The highest BCUT2D eigenvalue weighted by Crippen LogP contribution is 2.19. The van der Waals surface area contributed by atoms with Crippen molar-refractivity contribution in [3.8, 4) is 0 Å². The van der Waals surface area contributed by atoms with Crippen LogP contribution in [0.2, 0.25) is 0 Å². The second-order valence-electron chi connectivity index (χ2n) is 4.63. The van der Waals surface area contributed by atoms with Crippen LogP contribution in [0.4, 0.5) is 5.82 Å². The number of hydrogen-bond acceptors (Lipinski definition) is 4. The Hall–Kier alpha value is -2.41. The summed E-state index contributed by atoms with van der Waals surface area (Å²) in [5.41, 5.74) is 1.40. The number of carbonyl (C=O) groups is 1. The predicted octanol–water partition coefficient (Wildman–Crippen LogP) is 2.20. The van der Waals surface area contributed by atoms with E-state index in [1.54, 1.807) is 13.8 Å². The molecule has 2 aromatic rings. The largest absolute Gasteiger partial charge is 0.478 e. The summed E-state index contributed by atoms with van der Waals surface area (Å²) in [6.45, 7) is 3.57. The fourth-order valence-electron chi connectivity index (χ4n) is 1.93. The van der Waals surface area contributed by atoms with Crippen LogP contribution < -0.4 is 4.72 Å². The third kappa shape index (κ3) is 3.38. The minimum Gasteiger partial charge on any atom is -0.478 e. The number of aryl methyl sites for hydroxylation is 2. The number of nitrogens with zero attached hydrogens (tertiary/aromatic N) is 1. The highest BCUT2D eigenvalue weighted by molar-refractivity contribution is 7.92. The van der Waals surface area contributed by atoms with Crippen LogP contribution in [0.25, 0.3) is 0 Å². The lowest BCUT2D eigenvalue weighted by Crippen LogP contribution is -2.17. The van der Waals surface area contributed by atoms with Crippen LogP contribution in [0.3, 0.4) is 0 Å². The van der Waals surface area contributed by atoms with Crippen LogP contribution >= 0.6 is 0 Å². The molecule has 0 bridgehead atoms. The molecule has 0 radical (unpaired) electrons. The van der Waals surface area contributed by atoms with Gasteiger partial charge in [0.25, 0.3) is 10.0 Å². The maximum absolute atomic E-state index is 12.3. The molecule has 1 aromatic heterocycles. The van der Waals surface area contributed by atoms with Crippen molar-refractivity contribution in [2.24, 2.45) is 0 Å². The van der Waals surface area contributed by atoms with Gasteiger partial charge < -0.3 is 5.11 Å². The van der Waals surface area contributed by atoms with Crippen molar-refractivity contribution in [3.63, 3.8) is 0 Å². The Kier molecular flexibility index (Phi) is 3.95. The summed E-state index contributed by atoms with van der Waals surface area (Å²) in [6, 6.07) is 7.59. The summed E-state index contributed by atoms with van der Waals surface area (Å²) in [5.74, 6) is -1.45. The molecule has 0 saturated heterocycles. The molecule has 2 N–H and O–H groups in total. The zero-order chi connectivity index (χ0) is 15.6. The van der Waals surface area contributed by atoms with E-state index in [0.29, 0.717) is 0 Å². The standard InChI is InChI=1S/C14H14N2O4S/c1-9-6-10(2)8-11(7-9)21(19,20)16-13-12(14(17)18)4-3-5-15-13/h3-8H,1-2H3,(H,15,16)(H,17,18). The molecule has 0 saturated carbocycles. The molecular formula is C14H14N2O4S. The topological polar surface area (TPSA) is 96.4 Å². The van der Waals surface area contributed by atoms with E-state index in [-0.39, 0.29) is 16.3 Å². The van der Waals surface area contributed by atoms with E-state index >= 15 is 0 Å². The molecule has 0 amide bonds. The minimum atomic E-state index is -3.89. The molecule has 21 heavy (non-hydrogen) atoms. The van der Waals surface area contributed by atoms with Gasteiger partial charge in [-0.25, -0.2) is 18.2 Å². The number of nitrogens with one attached hydrogen (secondary N) is 1. The van der Waals surface area contributed by atoms with Gasteiger partial charge in [0.05, 0.1) is 4.90 Å². The van der Waals surface area contributed by atoms with E-state index in [0.717, 1.165) is 11.1 Å². The summed E-state index contributed by atoms with van der Waals surface area (Å²) in [4.78, 5) is 14.9. The van der Waals surface area contributed by atoms with Crippen molar-refractivity contribution in [2.45, 2.75) is 18.7 Å². The summed E-state index contributed by atoms with van der Waals surface area (Å²) < 4.78 is 26.9. The van der Waals surface area contributed by atoms with Crippen molar-refractivity contribution in [1.29, 1.82) is 0 Å². The van der Waals surface area contributed by atoms with Gasteiger partial charge in [-0.15, -0.1) is 0 Å². The van der Waals surface area contributed by atoms with Gasteiger partial charge in [0.15, 0.2) is 5.82 Å². The molecular weight excluding hydrogens is 292 g/mol. The zero-order valence-electron chi connectivity index (χ0n) is 11.5. The first-order valence-corrected chi connectivity index (χ1v) is 7.57. The first-order valence-electron chi connectivity index (χ1n) is 6.09. The highest BCUT2D eigenvalue weighted by Gasteiger charge is 2.19. The van der Waals surface area contributed by atoms with Crippen LogP contribution in [0.5, 0.6) is 0 Å². The molecule has 0 aliphatic rings. The van der Waals surface area contributed by atoms with Crippen LogP contribution in [0.15, 0.2) is 41.4 Å². The summed E-state index contributed by atoms with van der Waals surface area (Å²) in [7, 11) is -3.89. The number of anilines is 1. The molecule has 0 fully saturated rings. The molecule has 110 valence electrons. The van der Waals surface area contributed by atoms with Crippen molar-refractivity contribution >= 4 is 21.8 Å². The molecule has 0 aliphatic heterocycles. The first kappa shape index (κ1) is 15.0. The van der Waals surface area contributed by atoms with E-state index in [4.69, 9.17) is 5.11 Å². The Bertz CT molecular complexity index is 780. The monoisotopic (exact) mass is 306 g/mol. The van der Waals surface area contributed by atoms with Gasteiger partial charge in [-0.05, 0) is 49.2 Å². The molecule has 1 heterocycles. The molecule has 2 rings (SSSR count). The Balaban J connectivity index is 2.45. The van der Waals surface area contributed by atoms with E-state index in [9.17, 15) is 13.2 Å². The zero-order valence-corrected chi connectivity index (χ0v) is 12.3. The van der Waals surface area contributed by atoms with Crippen LogP contribution in [-0.4, -0.2) is 24.5 Å². The second kappa shape index (κ2) is 5.53. The smallest absolute Gasteiger partial charge is 0.339 e. The van der Waals surface area contributed by atoms with Crippen LogP contribution in [0.1, 0.15) is 21.5 Å². The highest BCUT2D eigenvalue weighted by atomic mass is 32.2. The van der Waals surface area contributed by atoms with Crippen LogP contribution in [-0.2, 0) is 10.0 Å². The van der Waals surface area contributed by atoms with Crippen molar-refractivity contribution in [3.05, 3.63) is 53.2 Å². The van der Waals surface area contributed by atoms with Gasteiger partial charge in [0, 0.05) is 6.20 Å². The molecule has 1 aromatic carbocycles. The number of aromatic carboxylic acids is 1. The number of hydrogen-bond donors (Lipinski definition) is 2. The van der Waals surface area contributed by atoms with Gasteiger partial charge in [-0.3, -0.25) is 4.72 Å². The molecule has 6 nitrogen and oxygen atoms in total. The number of benzene rings is 1. The van der Waals surface area contributed by atoms with E-state index < -0.39 is 16.0 Å². The number of carboxylic acids is 1. The van der Waals surface area contributed by atoms with Crippen molar-refractivity contribution in [2.75, 3.05) is 4.72 Å². The Morgan fingerprint density at radius 1 is 1.19 bits per heavy atom. The SMILES string of the molecule is Cc1cc(C)cc(S(=O)(=O)Nc2ncccc2C(=O)O)c1. The molecule has 0 atom stereocenters. The third-order valence-corrected chi connectivity index (χ3v) is 4.09. The van der Waals surface area contributed by atoms with Crippen molar-refractivity contribution < 1.29 is 18.3 Å². The first-order chi connectivity index (χ1) is 9.79. The van der Waals surface area contributed by atoms with Crippen molar-refractivity contribution in [1.82, 2.24) is 4.98 Å². The lowest BCUT2D eigenvalue weighted by Gasteiger charge is -2.10. The lowest BCUT2D eigenvalue weighted by molar-refractivity contribution is 0.0697. The average Bonchev–Trinajstić information content (AvgIpc) is 2.37. The maximum atomic E-state index is 12.3. The Labute approximate surface area is 122 Å². The second-order valence-corrected chi connectivity index (χ2v) is 6.32. The van der Waals surface area contributed by atoms with E-state index in [2.05, 4.69) is 9.71 Å². The fourth-order valence-corrected chi connectivity index (χ4v) is 3.15. The number of pyridine rings is 1. The van der Waals surface area contributed by atoms with Gasteiger partial charge in [-0.2, -0.15) is 0 Å². The third-order valence-electron chi connectivity index (χ3n) is 2.77. The summed E-state index contributed by atoms with van der Waals surface area (Å²) in [5, 5.41) is 9.05. The average molecular weight is 306 g/mol. The summed E-state index contributed by atoms with van der Waals surface area (Å²) >= 11 is 0. The number of sulfonamides is 1. The summed E-state index contributed by atoms with van der Waals surface area (Å²) in [6.07, 6.45) is 1.33. The quantitative estimate of drug-likeness (QED) is 0.902. The molecule has 0 aliphatic carbocycles. The lowest BCUT2D eigenvalue weighted by atomic mass is 10.2. The predicted molar refractivity (Wildman–Crippen MR) is 77.9 cm³/mol. The van der Waals surface area contributed by atoms with Gasteiger partial charge in [-0.1, -0.05) is 6.07 Å². The molecule has 0 unspecified atom stereocenters. The fraction of sp³-hybridized carbons (Fsp3) is 0.143. The van der Waals surface area contributed by atoms with Gasteiger partial charge in [0.1, 0.15) is 5.56 Å². The van der Waals surface area contributed by atoms with Gasteiger partial charge in [0.2, 0.25) is 0 Å². The van der Waals surface area contributed by atoms with Gasteiger partial charge >= 0.3 is 5.97 Å². The van der Waals surface area contributed by atoms with E-state index in [1.165, 1.54) is 30.5 Å². The minimum absolute atomic E-state index is 0.0713. The normalized spacial score (nSPS) is 11.1.